The van der Waals surface area contributed by atoms with Gasteiger partial charge in [-0.05, 0) is 67.5 Å². The van der Waals surface area contributed by atoms with Crippen molar-refractivity contribution < 1.29 is 28.5 Å². The number of carbonyl (C=O) groups is 2. The molecular formula is C31H31Cl2N4O6P. The van der Waals surface area contributed by atoms with Crippen molar-refractivity contribution in [1.82, 2.24) is 9.97 Å². The Kier molecular flexibility index (Phi) is 6.00. The van der Waals surface area contributed by atoms with E-state index in [9.17, 15) is 23.9 Å². The number of nitrogens with zero attached hydrogens (tertiary/aromatic N) is 2. The molecule has 4 aromatic rings. The summed E-state index contributed by atoms with van der Waals surface area (Å²) in [6.45, 7) is 4.82. The summed E-state index contributed by atoms with van der Waals surface area (Å²) in [6.07, 6.45) is 5.13. The first kappa shape index (κ1) is 28.5. The summed E-state index contributed by atoms with van der Waals surface area (Å²) in [7, 11) is -4.87. The molecule has 2 atom stereocenters. The van der Waals surface area contributed by atoms with E-state index >= 15 is 0 Å². The van der Waals surface area contributed by atoms with E-state index in [0.717, 1.165) is 44.2 Å². The average Bonchev–Trinajstić information content (AvgIpc) is 3.69. The molecule has 13 heteroatoms. The minimum Gasteiger partial charge on any atom is -0.402 e. The molecule has 3 aliphatic carbocycles. The molecule has 0 spiro atoms. The number of phosphoric acid groups is 1. The fraction of sp³-hybridized carbons (Fsp3) is 0.419. The van der Waals surface area contributed by atoms with Crippen LogP contribution in [0.25, 0.3) is 21.8 Å². The summed E-state index contributed by atoms with van der Waals surface area (Å²) in [5, 5.41) is 1.88. The molecular weight excluding hydrogens is 626 g/mol. The van der Waals surface area contributed by atoms with Gasteiger partial charge in [-0.3, -0.25) is 19.4 Å². The number of hydrogen-bond acceptors (Lipinski definition) is 4. The number of halogens is 2. The molecule has 2 bridgehead atoms. The molecule has 230 valence electrons. The predicted molar refractivity (Wildman–Crippen MR) is 169 cm³/mol. The molecule has 0 unspecified atom stereocenters. The highest BCUT2D eigenvalue weighted by atomic mass is 35.5. The van der Waals surface area contributed by atoms with E-state index in [2.05, 4.69) is 16.9 Å². The Morgan fingerprint density at radius 3 is 2.05 bits per heavy atom. The van der Waals surface area contributed by atoms with Crippen LogP contribution in [0.5, 0.6) is 5.75 Å². The third kappa shape index (κ3) is 3.72. The topological polar surface area (TPSA) is 139 Å². The number of amides is 2. The Bertz CT molecular complexity index is 1960. The van der Waals surface area contributed by atoms with Crippen LogP contribution in [0, 0.1) is 24.7 Å². The lowest BCUT2D eigenvalue weighted by Gasteiger charge is -2.69. The second-order valence-electron chi connectivity index (χ2n) is 13.1. The molecule has 2 aromatic carbocycles. The van der Waals surface area contributed by atoms with E-state index in [4.69, 9.17) is 27.7 Å². The van der Waals surface area contributed by atoms with Crippen LogP contribution in [-0.4, -0.2) is 56.4 Å². The van der Waals surface area contributed by atoms with Crippen LogP contribution >= 0.6 is 31.0 Å². The summed E-state index contributed by atoms with van der Waals surface area (Å²) in [5.41, 5.74) is 5.67. The SMILES string of the molecule is Cc1c[nH]c2ccc3c(c12)[C@H](CCl)CN3C(=O)C12CC(C(=O)N3C[C@@H](CCl)c4c3cc(OP(=O)(O)O)c3[nH]cc(C)c43)(C1)C2. The Hall–Kier alpha value is -3.01. The molecule has 2 aromatic heterocycles. The number of carbonyl (C=O) groups excluding carboxylic acids is 2. The molecule has 44 heavy (non-hydrogen) atoms. The van der Waals surface area contributed by atoms with Gasteiger partial charge >= 0.3 is 7.82 Å². The van der Waals surface area contributed by atoms with Crippen LogP contribution in [0.1, 0.15) is 53.4 Å². The quantitative estimate of drug-likeness (QED) is 0.150. The number of fused-ring (bicyclic) bond motifs is 6. The second-order valence-corrected chi connectivity index (χ2v) is 14.9. The van der Waals surface area contributed by atoms with Crippen LogP contribution < -0.4 is 14.3 Å². The van der Waals surface area contributed by atoms with Crippen LogP contribution in [-0.2, 0) is 14.2 Å². The number of alkyl halides is 2. The number of nitrogens with one attached hydrogen (secondary N) is 2. The van der Waals surface area contributed by atoms with Crippen molar-refractivity contribution in [2.45, 2.75) is 44.9 Å². The van der Waals surface area contributed by atoms with Crippen molar-refractivity contribution in [2.75, 3.05) is 34.6 Å². The van der Waals surface area contributed by atoms with Gasteiger partial charge in [-0.2, -0.15) is 0 Å². The van der Waals surface area contributed by atoms with Gasteiger partial charge in [0.05, 0.1) is 22.0 Å². The Labute approximate surface area is 262 Å². The van der Waals surface area contributed by atoms with Gasteiger partial charge < -0.3 is 24.3 Å². The fourth-order valence-electron chi connectivity index (χ4n) is 8.63. The first-order valence-corrected chi connectivity index (χ1v) is 17.3. The van der Waals surface area contributed by atoms with E-state index in [-0.39, 0.29) is 35.3 Å². The third-order valence-electron chi connectivity index (χ3n) is 10.4. The van der Waals surface area contributed by atoms with Gasteiger partial charge in [0.1, 0.15) is 0 Å². The molecule has 2 amide bonds. The average molecular weight is 657 g/mol. The van der Waals surface area contributed by atoms with Gasteiger partial charge in [0.25, 0.3) is 0 Å². The largest absolute Gasteiger partial charge is 0.524 e. The van der Waals surface area contributed by atoms with E-state index in [0.29, 0.717) is 49.4 Å². The van der Waals surface area contributed by atoms with E-state index in [1.54, 1.807) is 11.1 Å². The Balaban J connectivity index is 1.09. The standard InChI is InChI=1S/C31H31Cl2N4O6P/c1-15-8-34-19-3-4-20-25(23(15)19)17(6-32)10-36(20)28(38)30-12-31(13-30,14-30)29(39)37-11-18(7-33)26-21(37)5-22(43-44(40,41)42)27-24(26)16(2)9-35-27/h3-5,8-9,17-18,34-35H,6-7,10-14H2,1-2H3,(H2,40,41,42)/t17-,18-,30?,31?/m1/s1. The minimum absolute atomic E-state index is 0.0224. The zero-order valence-corrected chi connectivity index (χ0v) is 26.5. The molecule has 4 heterocycles. The van der Waals surface area contributed by atoms with Crippen LogP contribution in [0.15, 0.2) is 30.6 Å². The number of rotatable bonds is 6. The van der Waals surface area contributed by atoms with Crippen LogP contribution in [0.3, 0.4) is 0 Å². The first-order valence-electron chi connectivity index (χ1n) is 14.7. The maximum Gasteiger partial charge on any atom is 0.524 e. The number of H-pyrrole nitrogens is 2. The van der Waals surface area contributed by atoms with Gasteiger partial charge in [-0.15, -0.1) is 23.2 Å². The smallest absolute Gasteiger partial charge is 0.402 e. The predicted octanol–water partition coefficient (Wildman–Crippen LogP) is 5.95. The monoisotopic (exact) mass is 656 g/mol. The minimum atomic E-state index is -4.87. The fourth-order valence-corrected chi connectivity index (χ4v) is 9.54. The van der Waals surface area contributed by atoms with Crippen LogP contribution in [0.2, 0.25) is 0 Å². The first-order chi connectivity index (χ1) is 20.9. The van der Waals surface area contributed by atoms with Crippen LogP contribution in [0.4, 0.5) is 11.4 Å². The highest BCUT2D eigenvalue weighted by Gasteiger charge is 2.76. The van der Waals surface area contributed by atoms with Gasteiger partial charge in [-0.1, -0.05) is 0 Å². The normalized spacial score (nSPS) is 27.0. The second kappa shape index (κ2) is 9.27. The van der Waals surface area contributed by atoms with E-state index in [1.165, 1.54) is 6.07 Å². The summed E-state index contributed by atoms with van der Waals surface area (Å²) in [6, 6.07) is 5.54. The highest BCUT2D eigenvalue weighted by molar-refractivity contribution is 7.46. The number of hydrogen-bond donors (Lipinski definition) is 4. The van der Waals surface area contributed by atoms with Crippen molar-refractivity contribution in [3.63, 3.8) is 0 Å². The molecule has 9 rings (SSSR count). The number of benzene rings is 2. The molecule has 0 radical (unpaired) electrons. The third-order valence-corrected chi connectivity index (χ3v) is 11.6. The molecule has 10 nitrogen and oxygen atoms in total. The molecule has 2 aliphatic heterocycles. The molecule has 3 fully saturated rings. The van der Waals surface area contributed by atoms with E-state index < -0.39 is 18.7 Å². The molecule has 5 aliphatic rings. The number of aromatic amines is 2. The lowest BCUT2D eigenvalue weighted by molar-refractivity contribution is -0.204. The maximum absolute atomic E-state index is 14.2. The number of aromatic nitrogens is 2. The maximum atomic E-state index is 14.2. The summed E-state index contributed by atoms with van der Waals surface area (Å²) in [4.78, 5) is 57.5. The lowest BCUT2D eigenvalue weighted by atomic mass is 9.34. The highest BCUT2D eigenvalue weighted by Crippen LogP contribution is 2.75. The van der Waals surface area contributed by atoms with Crippen molar-refractivity contribution in [1.29, 1.82) is 0 Å². The summed E-state index contributed by atoms with van der Waals surface area (Å²) in [5.74, 6) is 0.496. The summed E-state index contributed by atoms with van der Waals surface area (Å²) < 4.78 is 16.9. The van der Waals surface area contributed by atoms with Crippen molar-refractivity contribution in [3.05, 3.63) is 52.8 Å². The Morgan fingerprint density at radius 1 is 0.909 bits per heavy atom. The van der Waals surface area contributed by atoms with Gasteiger partial charge in [0.2, 0.25) is 11.8 Å². The zero-order valence-electron chi connectivity index (χ0n) is 24.1. The van der Waals surface area contributed by atoms with Gasteiger partial charge in [0, 0.05) is 77.1 Å². The number of phosphoric ester groups is 1. The van der Waals surface area contributed by atoms with Gasteiger partial charge in [-0.25, -0.2) is 4.57 Å². The number of aryl methyl sites for hydroxylation is 2. The van der Waals surface area contributed by atoms with Gasteiger partial charge in [0.15, 0.2) is 5.75 Å². The van der Waals surface area contributed by atoms with Crippen molar-refractivity contribution >= 4 is 76.0 Å². The van der Waals surface area contributed by atoms with E-state index in [1.807, 2.05) is 30.2 Å². The zero-order chi connectivity index (χ0) is 30.9. The Morgan fingerprint density at radius 2 is 1.45 bits per heavy atom. The number of anilines is 2. The van der Waals surface area contributed by atoms with Crippen molar-refractivity contribution in [2.24, 2.45) is 10.8 Å². The molecule has 0 saturated heterocycles. The van der Waals surface area contributed by atoms with Crippen molar-refractivity contribution in [3.8, 4) is 5.75 Å². The molecule has 3 saturated carbocycles. The molecule has 4 N–H and O–H groups in total. The lowest BCUT2D eigenvalue weighted by Crippen LogP contribution is -2.73. The summed E-state index contributed by atoms with van der Waals surface area (Å²) >= 11 is 12.8.